The van der Waals surface area contributed by atoms with Crippen LogP contribution in [0.1, 0.15) is 97.8 Å². The highest BCUT2D eigenvalue weighted by molar-refractivity contribution is 5.96. The summed E-state index contributed by atoms with van der Waals surface area (Å²) in [5.41, 5.74) is 0.279. The van der Waals surface area contributed by atoms with Crippen LogP contribution in [0.25, 0.3) is 6.08 Å². The normalized spacial score (nSPS) is 32.0. The highest BCUT2D eigenvalue weighted by Crippen LogP contribution is 2.72. The summed E-state index contributed by atoms with van der Waals surface area (Å²) in [6.07, 6.45) is 12.6. The standard InChI is InChI=1S/C42H50N2O7/c1-23(2)11-10-16-40(8)17-15-27-34(45)30-19-31-33(26(21-43)22-44)29-20-32-39(6,7)51-41(37(29)46,18-14-25(5)38(47)48-9)42(31,32)50-36(30)28(35(27)49-40)13-12-24(3)4/h11-12,14-15,17,26,29,31-33,45H,10,13,16,18-20H2,1-9H3/b25-14-. The Hall–Kier alpha value is -4.34. The monoisotopic (exact) mass is 694 g/mol. The molecule has 270 valence electrons. The van der Waals surface area contributed by atoms with Gasteiger partial charge in [0.2, 0.25) is 0 Å². The number of nitrogens with zero attached hydrogens (tertiary/aromatic N) is 2. The first kappa shape index (κ1) is 36.5. The highest BCUT2D eigenvalue weighted by Gasteiger charge is 2.84. The quantitative estimate of drug-likeness (QED) is 0.157. The number of rotatable bonds is 9. The molecular weight excluding hydrogens is 644 g/mol. The largest absolute Gasteiger partial charge is 0.507 e. The van der Waals surface area contributed by atoms with Gasteiger partial charge in [0.25, 0.3) is 0 Å². The topological polar surface area (TPSA) is 139 Å². The van der Waals surface area contributed by atoms with Gasteiger partial charge in [-0.15, -0.1) is 0 Å². The van der Waals surface area contributed by atoms with Crippen molar-refractivity contribution < 1.29 is 33.6 Å². The van der Waals surface area contributed by atoms with Gasteiger partial charge in [-0.1, -0.05) is 29.4 Å². The summed E-state index contributed by atoms with van der Waals surface area (Å²) in [6.45, 7) is 15.8. The van der Waals surface area contributed by atoms with Gasteiger partial charge in [0.1, 0.15) is 28.8 Å². The molecule has 1 N–H and O–H groups in total. The smallest absolute Gasteiger partial charge is 0.333 e. The van der Waals surface area contributed by atoms with Gasteiger partial charge >= 0.3 is 5.97 Å². The molecule has 7 unspecified atom stereocenters. The molecule has 3 aliphatic carbocycles. The number of carbonyl (C=O) groups is 2. The predicted octanol–water partition coefficient (Wildman–Crippen LogP) is 7.66. The molecule has 1 saturated heterocycles. The Morgan fingerprint density at radius 3 is 2.37 bits per heavy atom. The maximum absolute atomic E-state index is 15.0. The van der Waals surface area contributed by atoms with E-state index in [4.69, 9.17) is 18.9 Å². The molecule has 3 aliphatic heterocycles. The van der Waals surface area contributed by atoms with Crippen molar-refractivity contribution in [2.75, 3.05) is 7.11 Å². The molecule has 0 radical (unpaired) electrons. The van der Waals surface area contributed by atoms with E-state index in [-0.39, 0.29) is 30.3 Å². The number of hydrogen-bond donors (Lipinski definition) is 1. The fraction of sp³-hybridized carbons (Fsp3) is 0.571. The first-order valence-electron chi connectivity index (χ1n) is 18.0. The molecule has 4 bridgehead atoms. The van der Waals surface area contributed by atoms with E-state index in [1.807, 2.05) is 46.8 Å². The van der Waals surface area contributed by atoms with Crippen molar-refractivity contribution in [2.24, 2.45) is 29.6 Å². The van der Waals surface area contributed by atoms with E-state index >= 15 is 0 Å². The fourth-order valence-corrected chi connectivity index (χ4v) is 9.84. The SMILES string of the molecule is COC(=O)/C(C)=C\CC12OC(C)(C)C3CC(C1=O)C(C(C#N)C#N)C1Cc4c(O)c5c(c(CC=C(C)C)c4OC132)OC(C)(CCC=C(C)C)C=C5. The molecule has 0 amide bonds. The number of fused-ring (bicyclic) bond motifs is 2. The molecule has 1 aromatic carbocycles. The average Bonchev–Trinajstić information content (AvgIpc) is 3.22. The van der Waals surface area contributed by atoms with E-state index in [9.17, 15) is 25.2 Å². The molecule has 9 nitrogen and oxygen atoms in total. The van der Waals surface area contributed by atoms with Gasteiger partial charge < -0.3 is 24.1 Å². The van der Waals surface area contributed by atoms with Crippen LogP contribution in [0.5, 0.6) is 17.2 Å². The number of phenols is 1. The van der Waals surface area contributed by atoms with Crippen molar-refractivity contribution in [1.82, 2.24) is 0 Å². The lowest BCUT2D eigenvalue weighted by atomic mass is 9.42. The number of hydrogen-bond acceptors (Lipinski definition) is 9. The summed E-state index contributed by atoms with van der Waals surface area (Å²) in [4.78, 5) is 27.5. The van der Waals surface area contributed by atoms with Gasteiger partial charge in [-0.05, 0) is 99.6 Å². The van der Waals surface area contributed by atoms with E-state index in [0.717, 1.165) is 24.0 Å². The van der Waals surface area contributed by atoms with Crippen molar-refractivity contribution in [2.45, 2.75) is 116 Å². The van der Waals surface area contributed by atoms with E-state index < -0.39 is 52.0 Å². The number of ether oxygens (including phenoxy) is 4. The zero-order valence-electron chi connectivity index (χ0n) is 31.3. The number of aromatic hydroxyl groups is 1. The lowest BCUT2D eigenvalue weighted by Crippen LogP contribution is -2.78. The number of methoxy groups -OCH3 is 1. The Kier molecular flexibility index (Phi) is 9.08. The van der Waals surface area contributed by atoms with Gasteiger partial charge in [-0.2, -0.15) is 10.5 Å². The molecular formula is C42H50N2O7. The number of phenolic OH excluding ortho intramolecular Hbond substituents is 1. The zero-order chi connectivity index (χ0) is 37.3. The molecule has 9 heteroatoms. The first-order valence-corrected chi connectivity index (χ1v) is 18.0. The van der Waals surface area contributed by atoms with Gasteiger partial charge in [0.15, 0.2) is 17.0 Å². The summed E-state index contributed by atoms with van der Waals surface area (Å²) >= 11 is 0. The van der Waals surface area contributed by atoms with E-state index in [2.05, 4.69) is 38.1 Å². The number of Topliss-reactive ketones (excluding diaryl/α,β-unsaturated/α-hetero) is 1. The highest BCUT2D eigenvalue weighted by atomic mass is 16.6. The first-order chi connectivity index (χ1) is 24.0. The second kappa shape index (κ2) is 12.7. The maximum Gasteiger partial charge on any atom is 0.333 e. The Balaban J connectivity index is 1.61. The summed E-state index contributed by atoms with van der Waals surface area (Å²) in [6, 6.07) is 4.38. The molecule has 4 fully saturated rings. The van der Waals surface area contributed by atoms with Crippen LogP contribution in [-0.2, 0) is 31.9 Å². The van der Waals surface area contributed by atoms with Crippen molar-refractivity contribution in [3.63, 3.8) is 0 Å². The summed E-state index contributed by atoms with van der Waals surface area (Å²) in [5.74, 6) is -2.85. The Morgan fingerprint density at radius 2 is 1.75 bits per heavy atom. The number of allylic oxidation sites excluding steroid dienone is 4. The van der Waals surface area contributed by atoms with Crippen molar-refractivity contribution >= 4 is 17.8 Å². The fourth-order valence-electron chi connectivity index (χ4n) is 9.84. The van der Waals surface area contributed by atoms with Crippen molar-refractivity contribution in [3.05, 3.63) is 57.7 Å². The summed E-state index contributed by atoms with van der Waals surface area (Å²) < 4.78 is 26.3. The minimum Gasteiger partial charge on any atom is -0.507 e. The minimum atomic E-state index is -1.52. The van der Waals surface area contributed by atoms with Crippen LogP contribution in [0.4, 0.5) is 0 Å². The zero-order valence-corrected chi connectivity index (χ0v) is 31.3. The molecule has 0 aromatic heterocycles. The van der Waals surface area contributed by atoms with Crippen LogP contribution >= 0.6 is 0 Å². The van der Waals surface area contributed by atoms with Crippen molar-refractivity contribution in [3.8, 4) is 29.4 Å². The van der Waals surface area contributed by atoms with E-state index in [1.165, 1.54) is 12.7 Å². The molecule has 7 atom stereocenters. The van der Waals surface area contributed by atoms with Crippen LogP contribution in [0.3, 0.4) is 0 Å². The van der Waals surface area contributed by atoms with Crippen molar-refractivity contribution in [1.29, 1.82) is 10.5 Å². The average molecular weight is 695 g/mol. The molecule has 7 rings (SSSR count). The van der Waals surface area contributed by atoms with Gasteiger partial charge in [0, 0.05) is 46.8 Å². The molecule has 1 spiro atoms. The maximum atomic E-state index is 15.0. The molecule has 3 heterocycles. The van der Waals surface area contributed by atoms with Crippen LogP contribution in [0.15, 0.2) is 41.0 Å². The summed E-state index contributed by atoms with van der Waals surface area (Å²) in [5, 5.41) is 32.6. The Morgan fingerprint density at radius 1 is 1.06 bits per heavy atom. The third kappa shape index (κ3) is 5.43. The van der Waals surface area contributed by atoms with E-state index in [1.54, 1.807) is 13.0 Å². The van der Waals surface area contributed by atoms with Crippen LogP contribution in [0.2, 0.25) is 0 Å². The second-order valence-electron chi connectivity index (χ2n) is 16.3. The Bertz CT molecular complexity index is 1870. The number of esters is 1. The number of nitriles is 2. The second-order valence-corrected chi connectivity index (χ2v) is 16.3. The lowest BCUT2D eigenvalue weighted by Gasteiger charge is -2.64. The van der Waals surface area contributed by atoms with Gasteiger partial charge in [-0.3, -0.25) is 4.79 Å². The van der Waals surface area contributed by atoms with Gasteiger partial charge in [-0.25, -0.2) is 4.79 Å². The number of carbonyl (C=O) groups excluding carboxylic acids is 2. The molecule has 1 aromatic rings. The molecule has 3 saturated carbocycles. The van der Waals surface area contributed by atoms with E-state index in [0.29, 0.717) is 41.0 Å². The lowest BCUT2D eigenvalue weighted by molar-refractivity contribution is -0.223. The number of benzene rings is 1. The number of ketones is 1. The molecule has 51 heavy (non-hydrogen) atoms. The third-order valence-electron chi connectivity index (χ3n) is 12.1. The predicted molar refractivity (Wildman–Crippen MR) is 192 cm³/mol. The van der Waals surface area contributed by atoms with Crippen LogP contribution in [0, 0.1) is 52.3 Å². The summed E-state index contributed by atoms with van der Waals surface area (Å²) in [7, 11) is 1.31. The van der Waals surface area contributed by atoms with Crippen LogP contribution in [-0.4, -0.2) is 46.4 Å². The molecule has 6 aliphatic rings. The van der Waals surface area contributed by atoms with Crippen LogP contribution < -0.4 is 9.47 Å². The van der Waals surface area contributed by atoms with Gasteiger partial charge in [0.05, 0.1) is 30.4 Å². The Labute approximate surface area is 301 Å². The third-order valence-corrected chi connectivity index (χ3v) is 12.1. The minimum absolute atomic E-state index is 0.0402.